The van der Waals surface area contributed by atoms with Gasteiger partial charge in [-0.3, -0.25) is 0 Å². The van der Waals surface area contributed by atoms with Crippen LogP contribution in [0.25, 0.3) is 0 Å². The van der Waals surface area contributed by atoms with E-state index in [1.54, 1.807) is 12.1 Å². The monoisotopic (exact) mass is 285 g/mol. The first-order valence-electron chi connectivity index (χ1n) is 6.46. The highest BCUT2D eigenvalue weighted by atomic mass is 32.2. The van der Waals surface area contributed by atoms with Gasteiger partial charge in [-0.2, -0.15) is 0 Å². The van der Waals surface area contributed by atoms with Crippen LogP contribution < -0.4 is 9.88 Å². The van der Waals surface area contributed by atoms with Crippen LogP contribution in [0, 0.1) is 0 Å². The third kappa shape index (κ3) is 4.51. The summed E-state index contributed by atoms with van der Waals surface area (Å²) < 4.78 is 28.8. The lowest BCUT2D eigenvalue weighted by atomic mass is 9.87. The highest BCUT2D eigenvalue weighted by molar-refractivity contribution is 7.89. The molecular formula is C14H23NO3S. The van der Waals surface area contributed by atoms with Crippen molar-refractivity contribution in [1.29, 1.82) is 0 Å². The number of hydrogen-bond donors (Lipinski definition) is 1. The normalized spacial score (nSPS) is 12.5. The van der Waals surface area contributed by atoms with Gasteiger partial charge in [-0.15, -0.1) is 0 Å². The lowest BCUT2D eigenvalue weighted by Crippen LogP contribution is -2.17. The number of unbranched alkanes of at least 4 members (excludes halogenated alkanes) is 1. The summed E-state index contributed by atoms with van der Waals surface area (Å²) >= 11 is 0. The number of sulfonamides is 1. The molecule has 4 nitrogen and oxygen atoms in total. The molecule has 0 saturated carbocycles. The number of hydrogen-bond acceptors (Lipinski definition) is 3. The van der Waals surface area contributed by atoms with Crippen molar-refractivity contribution in [2.24, 2.45) is 5.14 Å². The summed E-state index contributed by atoms with van der Waals surface area (Å²) in [7, 11) is -3.78. The maximum absolute atomic E-state index is 11.7. The van der Waals surface area contributed by atoms with Crippen LogP contribution in [0.4, 0.5) is 0 Å². The van der Waals surface area contributed by atoms with Crippen LogP contribution in [0.1, 0.15) is 46.1 Å². The van der Waals surface area contributed by atoms with Crippen LogP contribution >= 0.6 is 0 Å². The topological polar surface area (TPSA) is 69.4 Å². The zero-order valence-electron chi connectivity index (χ0n) is 12.1. The predicted molar refractivity (Wildman–Crippen MR) is 76.9 cm³/mol. The first kappa shape index (κ1) is 16.0. The summed E-state index contributed by atoms with van der Waals surface area (Å²) in [6.45, 7) is 8.60. The van der Waals surface area contributed by atoms with E-state index >= 15 is 0 Å². The van der Waals surface area contributed by atoms with E-state index < -0.39 is 10.0 Å². The lowest BCUT2D eigenvalue weighted by molar-refractivity contribution is 0.301. The van der Waals surface area contributed by atoms with Gasteiger partial charge in [-0.05, 0) is 29.5 Å². The lowest BCUT2D eigenvalue weighted by Gasteiger charge is -2.21. The maximum atomic E-state index is 11.7. The average Bonchev–Trinajstić information content (AvgIpc) is 2.27. The molecule has 0 bridgehead atoms. The van der Waals surface area contributed by atoms with Crippen LogP contribution in [0.5, 0.6) is 5.75 Å². The van der Waals surface area contributed by atoms with Crippen molar-refractivity contribution in [3.8, 4) is 5.75 Å². The molecule has 0 aliphatic carbocycles. The van der Waals surface area contributed by atoms with Gasteiger partial charge in [0.25, 0.3) is 0 Å². The fraction of sp³-hybridized carbons (Fsp3) is 0.571. The Balaban J connectivity index is 3.19. The summed E-state index contributed by atoms with van der Waals surface area (Å²) in [5.41, 5.74) is 0.779. The smallest absolute Gasteiger partial charge is 0.241 e. The van der Waals surface area contributed by atoms with Crippen LogP contribution in [0.3, 0.4) is 0 Å². The Labute approximate surface area is 116 Å². The molecule has 5 heteroatoms. The number of primary sulfonamides is 1. The number of nitrogens with two attached hydrogens (primary N) is 1. The molecule has 0 spiro atoms. The fourth-order valence-corrected chi connectivity index (χ4v) is 2.34. The second kappa shape index (κ2) is 5.92. The van der Waals surface area contributed by atoms with Gasteiger partial charge in [0.15, 0.2) is 0 Å². The van der Waals surface area contributed by atoms with Crippen molar-refractivity contribution >= 4 is 10.0 Å². The van der Waals surface area contributed by atoms with Crippen molar-refractivity contribution < 1.29 is 13.2 Å². The van der Waals surface area contributed by atoms with Crippen LogP contribution in [-0.2, 0) is 15.4 Å². The van der Waals surface area contributed by atoms with E-state index in [0.29, 0.717) is 12.4 Å². The average molecular weight is 285 g/mol. The Morgan fingerprint density at radius 3 is 2.37 bits per heavy atom. The van der Waals surface area contributed by atoms with Gasteiger partial charge in [-0.1, -0.05) is 40.2 Å². The summed E-state index contributed by atoms with van der Waals surface area (Å²) in [4.78, 5) is 0.0658. The Morgan fingerprint density at radius 2 is 1.89 bits per heavy atom. The molecule has 0 aromatic heterocycles. The maximum Gasteiger partial charge on any atom is 0.241 e. The molecule has 1 aromatic carbocycles. The van der Waals surface area contributed by atoms with E-state index in [4.69, 9.17) is 9.88 Å². The van der Waals surface area contributed by atoms with E-state index in [2.05, 4.69) is 0 Å². The summed E-state index contributed by atoms with van der Waals surface area (Å²) in [5, 5.41) is 5.27. The molecule has 0 amide bonds. The minimum atomic E-state index is -3.78. The van der Waals surface area contributed by atoms with E-state index in [-0.39, 0.29) is 10.3 Å². The van der Waals surface area contributed by atoms with Gasteiger partial charge < -0.3 is 4.74 Å². The summed E-state index contributed by atoms with van der Waals surface area (Å²) in [6.07, 6.45) is 1.87. The van der Waals surface area contributed by atoms with Gasteiger partial charge in [0.1, 0.15) is 10.6 Å². The SMILES string of the molecule is CCCCOc1ccc(C(C)(C)C)cc1S(N)(=O)=O. The summed E-state index contributed by atoms with van der Waals surface area (Å²) in [6, 6.07) is 5.18. The van der Waals surface area contributed by atoms with Crippen LogP contribution in [-0.4, -0.2) is 15.0 Å². The van der Waals surface area contributed by atoms with Crippen LogP contribution in [0.15, 0.2) is 23.1 Å². The van der Waals surface area contributed by atoms with E-state index in [0.717, 1.165) is 18.4 Å². The molecule has 0 saturated heterocycles. The van der Waals surface area contributed by atoms with Crippen molar-refractivity contribution in [2.75, 3.05) is 6.61 Å². The molecule has 19 heavy (non-hydrogen) atoms. The van der Waals surface area contributed by atoms with Crippen molar-refractivity contribution in [3.63, 3.8) is 0 Å². The third-order valence-corrected chi connectivity index (χ3v) is 3.80. The van der Waals surface area contributed by atoms with Crippen LogP contribution in [0.2, 0.25) is 0 Å². The van der Waals surface area contributed by atoms with Gasteiger partial charge in [-0.25, -0.2) is 13.6 Å². The molecule has 0 radical (unpaired) electrons. The molecule has 0 atom stereocenters. The molecule has 0 fully saturated rings. The molecular weight excluding hydrogens is 262 g/mol. The van der Waals surface area contributed by atoms with Crippen molar-refractivity contribution in [3.05, 3.63) is 23.8 Å². The molecule has 1 aromatic rings. The molecule has 0 aliphatic heterocycles. The first-order chi connectivity index (χ1) is 8.66. The molecule has 1 rings (SSSR count). The number of benzene rings is 1. The van der Waals surface area contributed by atoms with Crippen molar-refractivity contribution in [2.45, 2.75) is 50.8 Å². The number of ether oxygens (including phenoxy) is 1. The first-order valence-corrected chi connectivity index (χ1v) is 8.01. The van der Waals surface area contributed by atoms with Gasteiger partial charge in [0.2, 0.25) is 10.0 Å². The Hall–Kier alpha value is -1.07. The largest absolute Gasteiger partial charge is 0.492 e. The van der Waals surface area contributed by atoms with Gasteiger partial charge in [0, 0.05) is 0 Å². The Kier molecular flexibility index (Phi) is 4.98. The van der Waals surface area contributed by atoms with E-state index in [9.17, 15) is 8.42 Å². The highest BCUT2D eigenvalue weighted by Gasteiger charge is 2.21. The third-order valence-electron chi connectivity index (χ3n) is 2.87. The van der Waals surface area contributed by atoms with E-state index in [1.807, 2.05) is 33.8 Å². The minimum absolute atomic E-state index is 0.0658. The highest BCUT2D eigenvalue weighted by Crippen LogP contribution is 2.30. The minimum Gasteiger partial charge on any atom is -0.492 e. The van der Waals surface area contributed by atoms with E-state index in [1.165, 1.54) is 0 Å². The summed E-state index contributed by atoms with van der Waals surface area (Å²) in [5.74, 6) is 0.337. The predicted octanol–water partition coefficient (Wildman–Crippen LogP) is 2.81. The second-order valence-corrected chi connectivity index (χ2v) is 7.19. The second-order valence-electron chi connectivity index (χ2n) is 5.66. The quantitative estimate of drug-likeness (QED) is 0.846. The van der Waals surface area contributed by atoms with Gasteiger partial charge >= 0.3 is 0 Å². The fourth-order valence-electron chi connectivity index (χ4n) is 1.64. The zero-order chi connectivity index (χ0) is 14.7. The standard InChI is InChI=1S/C14H23NO3S/c1-5-6-9-18-12-8-7-11(14(2,3)4)10-13(12)19(15,16)17/h7-8,10H,5-6,9H2,1-4H3,(H2,15,16,17). The Bertz CT molecular complexity index is 530. The molecule has 108 valence electrons. The Morgan fingerprint density at radius 1 is 1.26 bits per heavy atom. The number of rotatable bonds is 5. The van der Waals surface area contributed by atoms with Crippen molar-refractivity contribution in [1.82, 2.24) is 0 Å². The molecule has 0 aliphatic rings. The molecule has 2 N–H and O–H groups in total. The molecule has 0 heterocycles. The molecule has 0 unspecified atom stereocenters. The zero-order valence-corrected chi connectivity index (χ0v) is 12.9. The van der Waals surface area contributed by atoms with Gasteiger partial charge in [0.05, 0.1) is 6.61 Å².